The second-order valence-corrected chi connectivity index (χ2v) is 5.21. The van der Waals surface area contributed by atoms with E-state index < -0.39 is 0 Å². The highest BCUT2D eigenvalue weighted by Gasteiger charge is 2.14. The highest BCUT2D eigenvalue weighted by Crippen LogP contribution is 2.26. The summed E-state index contributed by atoms with van der Waals surface area (Å²) in [5.74, 6) is 0.927. The zero-order valence-corrected chi connectivity index (χ0v) is 10.8. The van der Waals surface area contributed by atoms with Crippen molar-refractivity contribution in [3.05, 3.63) is 29.8 Å². The molecule has 0 aromatic heterocycles. The van der Waals surface area contributed by atoms with Gasteiger partial charge in [0, 0.05) is 12.2 Å². The third-order valence-corrected chi connectivity index (χ3v) is 3.67. The third-order valence-electron chi connectivity index (χ3n) is 3.67. The number of hydrogen-bond acceptors (Lipinski definition) is 2. The predicted molar refractivity (Wildman–Crippen MR) is 74.1 cm³/mol. The summed E-state index contributed by atoms with van der Waals surface area (Å²) in [5, 5.41) is 3.00. The van der Waals surface area contributed by atoms with Gasteiger partial charge in [-0.25, -0.2) is 0 Å². The SMILES string of the molecule is Nc1cccc(CC(=O)NCCC2CCCC2)c1. The van der Waals surface area contributed by atoms with Gasteiger partial charge < -0.3 is 11.1 Å². The summed E-state index contributed by atoms with van der Waals surface area (Å²) in [6, 6.07) is 7.52. The van der Waals surface area contributed by atoms with Gasteiger partial charge in [0.05, 0.1) is 6.42 Å². The van der Waals surface area contributed by atoms with Crippen LogP contribution in [-0.2, 0) is 11.2 Å². The van der Waals surface area contributed by atoms with Gasteiger partial charge in [-0.05, 0) is 30.0 Å². The summed E-state index contributed by atoms with van der Waals surface area (Å²) in [6.07, 6.45) is 6.96. The maximum Gasteiger partial charge on any atom is 0.224 e. The Hall–Kier alpha value is -1.51. The lowest BCUT2D eigenvalue weighted by molar-refractivity contribution is -0.120. The molecule has 1 aromatic rings. The Morgan fingerprint density at radius 3 is 2.83 bits per heavy atom. The molecule has 98 valence electrons. The Kier molecular flexibility index (Phi) is 4.62. The van der Waals surface area contributed by atoms with Crippen molar-refractivity contribution < 1.29 is 4.79 Å². The second-order valence-electron chi connectivity index (χ2n) is 5.21. The molecular weight excluding hydrogens is 224 g/mol. The van der Waals surface area contributed by atoms with Crippen molar-refractivity contribution in [1.82, 2.24) is 5.32 Å². The summed E-state index contributed by atoms with van der Waals surface area (Å²) < 4.78 is 0. The van der Waals surface area contributed by atoms with E-state index in [0.29, 0.717) is 12.1 Å². The molecule has 1 aliphatic carbocycles. The van der Waals surface area contributed by atoms with Crippen molar-refractivity contribution in [3.63, 3.8) is 0 Å². The molecule has 3 nitrogen and oxygen atoms in total. The molecule has 3 heteroatoms. The van der Waals surface area contributed by atoms with E-state index in [0.717, 1.165) is 24.4 Å². The molecule has 2 rings (SSSR count). The van der Waals surface area contributed by atoms with E-state index in [1.165, 1.54) is 25.7 Å². The zero-order chi connectivity index (χ0) is 12.8. The zero-order valence-electron chi connectivity index (χ0n) is 10.8. The van der Waals surface area contributed by atoms with Crippen LogP contribution in [0.2, 0.25) is 0 Å². The van der Waals surface area contributed by atoms with E-state index >= 15 is 0 Å². The number of nitrogens with one attached hydrogen (secondary N) is 1. The summed E-state index contributed by atoms with van der Waals surface area (Å²) >= 11 is 0. The van der Waals surface area contributed by atoms with Gasteiger partial charge in [-0.2, -0.15) is 0 Å². The van der Waals surface area contributed by atoms with E-state index in [1.54, 1.807) is 0 Å². The molecule has 0 heterocycles. The minimum Gasteiger partial charge on any atom is -0.399 e. The van der Waals surface area contributed by atoms with Gasteiger partial charge in [0.2, 0.25) is 5.91 Å². The molecule has 0 unspecified atom stereocenters. The normalized spacial score (nSPS) is 15.8. The molecule has 1 fully saturated rings. The van der Waals surface area contributed by atoms with Gasteiger partial charge in [-0.1, -0.05) is 37.8 Å². The first kappa shape index (κ1) is 12.9. The fourth-order valence-electron chi connectivity index (χ4n) is 2.67. The van der Waals surface area contributed by atoms with Crippen LogP contribution in [0.4, 0.5) is 5.69 Å². The second kappa shape index (κ2) is 6.43. The number of hydrogen-bond donors (Lipinski definition) is 2. The standard InChI is InChI=1S/C15H22N2O/c16-14-7-3-6-13(10-14)11-15(18)17-9-8-12-4-1-2-5-12/h3,6-7,10,12H,1-2,4-5,8-9,11,16H2,(H,17,18). The summed E-state index contributed by atoms with van der Waals surface area (Å²) in [6.45, 7) is 0.811. The monoisotopic (exact) mass is 246 g/mol. The number of amides is 1. The predicted octanol–water partition coefficient (Wildman–Crippen LogP) is 2.51. The molecule has 0 saturated heterocycles. The quantitative estimate of drug-likeness (QED) is 0.784. The van der Waals surface area contributed by atoms with Crippen molar-refractivity contribution in [3.8, 4) is 0 Å². The van der Waals surface area contributed by atoms with Crippen LogP contribution >= 0.6 is 0 Å². The average Bonchev–Trinajstić information content (AvgIpc) is 2.82. The molecule has 1 aliphatic rings. The molecule has 1 amide bonds. The van der Waals surface area contributed by atoms with Crippen LogP contribution in [0.25, 0.3) is 0 Å². The Balaban J connectivity index is 1.68. The number of nitrogens with two attached hydrogens (primary N) is 1. The van der Waals surface area contributed by atoms with Gasteiger partial charge in [0.15, 0.2) is 0 Å². The van der Waals surface area contributed by atoms with Crippen LogP contribution in [0, 0.1) is 5.92 Å². The van der Waals surface area contributed by atoms with E-state index in [4.69, 9.17) is 5.73 Å². The molecule has 0 radical (unpaired) electrons. The number of carbonyl (C=O) groups is 1. The maximum atomic E-state index is 11.7. The number of carbonyl (C=O) groups excluding carboxylic acids is 1. The molecule has 0 aliphatic heterocycles. The van der Waals surface area contributed by atoms with Crippen LogP contribution < -0.4 is 11.1 Å². The molecule has 0 atom stereocenters. The molecule has 1 aromatic carbocycles. The Morgan fingerprint density at radius 2 is 2.11 bits per heavy atom. The van der Waals surface area contributed by atoms with Gasteiger partial charge in [-0.15, -0.1) is 0 Å². The van der Waals surface area contributed by atoms with Gasteiger partial charge in [0.1, 0.15) is 0 Å². The largest absolute Gasteiger partial charge is 0.399 e. The van der Waals surface area contributed by atoms with Crippen molar-refractivity contribution in [1.29, 1.82) is 0 Å². The van der Waals surface area contributed by atoms with Gasteiger partial charge in [-0.3, -0.25) is 4.79 Å². The van der Waals surface area contributed by atoms with E-state index in [2.05, 4.69) is 5.32 Å². The molecule has 3 N–H and O–H groups in total. The lowest BCUT2D eigenvalue weighted by atomic mass is 10.0. The van der Waals surface area contributed by atoms with E-state index in [-0.39, 0.29) is 5.91 Å². The summed E-state index contributed by atoms with van der Waals surface area (Å²) in [5.41, 5.74) is 7.38. The van der Waals surface area contributed by atoms with Gasteiger partial charge in [0.25, 0.3) is 0 Å². The molecule has 18 heavy (non-hydrogen) atoms. The first-order valence-corrected chi connectivity index (χ1v) is 6.85. The highest BCUT2D eigenvalue weighted by atomic mass is 16.1. The van der Waals surface area contributed by atoms with Crippen LogP contribution in [-0.4, -0.2) is 12.5 Å². The van der Waals surface area contributed by atoms with Gasteiger partial charge >= 0.3 is 0 Å². The van der Waals surface area contributed by atoms with E-state index in [9.17, 15) is 4.79 Å². The number of rotatable bonds is 5. The third kappa shape index (κ3) is 4.06. The van der Waals surface area contributed by atoms with Crippen LogP contribution in [0.15, 0.2) is 24.3 Å². The smallest absolute Gasteiger partial charge is 0.224 e. The lowest BCUT2D eigenvalue weighted by Gasteiger charge is -2.10. The van der Waals surface area contributed by atoms with Crippen molar-refractivity contribution >= 4 is 11.6 Å². The van der Waals surface area contributed by atoms with Crippen LogP contribution in [0.5, 0.6) is 0 Å². The summed E-state index contributed by atoms with van der Waals surface area (Å²) in [7, 11) is 0. The van der Waals surface area contributed by atoms with Crippen molar-refractivity contribution in [2.45, 2.75) is 38.5 Å². The Morgan fingerprint density at radius 1 is 1.33 bits per heavy atom. The number of nitrogen functional groups attached to an aromatic ring is 1. The Bertz CT molecular complexity index is 397. The topological polar surface area (TPSA) is 55.1 Å². The van der Waals surface area contributed by atoms with Crippen LogP contribution in [0.1, 0.15) is 37.7 Å². The first-order valence-electron chi connectivity index (χ1n) is 6.85. The molecule has 1 saturated carbocycles. The van der Waals surface area contributed by atoms with Crippen molar-refractivity contribution in [2.75, 3.05) is 12.3 Å². The van der Waals surface area contributed by atoms with Crippen molar-refractivity contribution in [2.24, 2.45) is 5.92 Å². The minimum atomic E-state index is 0.0959. The maximum absolute atomic E-state index is 11.7. The Labute approximate surface area is 109 Å². The minimum absolute atomic E-state index is 0.0959. The fourth-order valence-corrected chi connectivity index (χ4v) is 2.67. The number of anilines is 1. The molecule has 0 spiro atoms. The fraction of sp³-hybridized carbons (Fsp3) is 0.533. The highest BCUT2D eigenvalue weighted by molar-refractivity contribution is 5.78. The van der Waals surface area contributed by atoms with Crippen LogP contribution in [0.3, 0.4) is 0 Å². The number of benzene rings is 1. The molecular formula is C15H22N2O. The summed E-state index contributed by atoms with van der Waals surface area (Å²) in [4.78, 5) is 11.7. The average molecular weight is 246 g/mol. The lowest BCUT2D eigenvalue weighted by Crippen LogP contribution is -2.27. The van der Waals surface area contributed by atoms with E-state index in [1.807, 2.05) is 24.3 Å². The molecule has 0 bridgehead atoms. The first-order chi connectivity index (χ1) is 8.74.